The van der Waals surface area contributed by atoms with Gasteiger partial charge in [0.2, 0.25) is 0 Å². The maximum atomic E-state index is 12.3. The van der Waals surface area contributed by atoms with Crippen molar-refractivity contribution in [3.8, 4) is 5.75 Å². The molecule has 26 heavy (non-hydrogen) atoms. The average molecular weight is 421 g/mol. The van der Waals surface area contributed by atoms with E-state index in [9.17, 15) is 9.59 Å². The molecule has 0 bridgehead atoms. The molecule has 0 aromatic heterocycles. The third-order valence-corrected chi connectivity index (χ3v) is 4.35. The van der Waals surface area contributed by atoms with E-state index in [-0.39, 0.29) is 11.8 Å². The molecule has 2 aromatic rings. The van der Waals surface area contributed by atoms with Gasteiger partial charge in [0.05, 0.1) is 14.2 Å². The van der Waals surface area contributed by atoms with Crippen molar-refractivity contribution in [2.75, 3.05) is 33.1 Å². The Labute approximate surface area is 161 Å². The molecule has 2 amide bonds. The molecule has 0 aliphatic heterocycles. The van der Waals surface area contributed by atoms with Crippen LogP contribution in [-0.4, -0.2) is 39.6 Å². The maximum Gasteiger partial charge on any atom is 0.279 e. The highest BCUT2D eigenvalue weighted by Crippen LogP contribution is 2.22. The van der Waals surface area contributed by atoms with Gasteiger partial charge in [-0.05, 0) is 42.5 Å². The third kappa shape index (κ3) is 5.57. The topological polar surface area (TPSA) is 71.9 Å². The zero-order valence-corrected chi connectivity index (χ0v) is 16.6. The van der Waals surface area contributed by atoms with Gasteiger partial charge in [0.1, 0.15) is 12.3 Å². The maximum absolute atomic E-state index is 12.3. The van der Waals surface area contributed by atoms with Gasteiger partial charge in [0, 0.05) is 28.3 Å². The van der Waals surface area contributed by atoms with Crippen molar-refractivity contribution in [1.82, 2.24) is 5.32 Å². The van der Waals surface area contributed by atoms with Crippen molar-refractivity contribution in [2.24, 2.45) is 0 Å². The lowest BCUT2D eigenvalue weighted by Gasteiger charge is -2.16. The molecule has 1 unspecified atom stereocenters. The van der Waals surface area contributed by atoms with Crippen LogP contribution < -0.4 is 20.3 Å². The van der Waals surface area contributed by atoms with E-state index in [0.717, 1.165) is 20.7 Å². The van der Waals surface area contributed by atoms with Crippen LogP contribution in [-0.2, 0) is 11.3 Å². The smallest absolute Gasteiger partial charge is 0.279 e. The van der Waals surface area contributed by atoms with E-state index >= 15 is 0 Å². The van der Waals surface area contributed by atoms with Crippen molar-refractivity contribution in [3.05, 3.63) is 58.1 Å². The molecule has 7 heteroatoms. The van der Waals surface area contributed by atoms with E-state index in [1.54, 1.807) is 38.4 Å². The monoisotopic (exact) mass is 420 g/mol. The second kappa shape index (κ2) is 9.35. The summed E-state index contributed by atoms with van der Waals surface area (Å²) < 4.78 is 6.35. The molecular weight excluding hydrogens is 398 g/mol. The Balaban J connectivity index is 1.93. The largest absolute Gasteiger partial charge is 0.496 e. The van der Waals surface area contributed by atoms with E-state index < -0.39 is 0 Å². The Morgan fingerprint density at radius 3 is 2.46 bits per heavy atom. The molecule has 0 aliphatic rings. The highest BCUT2D eigenvalue weighted by atomic mass is 79.9. The number of hydrogen-bond acceptors (Lipinski definition) is 3. The third-order valence-electron chi connectivity index (χ3n) is 3.85. The number of rotatable bonds is 7. The van der Waals surface area contributed by atoms with Crippen LogP contribution in [0.15, 0.2) is 46.9 Å². The number of hydrogen-bond donors (Lipinski definition) is 3. The summed E-state index contributed by atoms with van der Waals surface area (Å²) in [5.41, 5.74) is 2.24. The Bertz CT molecular complexity index is 778. The first kappa shape index (κ1) is 19.9. The SMILES string of the molecule is CNC(=O)c1ccc(NC(=O)C[NH+](C)Cc2cc(Br)ccc2OC)cc1. The number of benzene rings is 2. The van der Waals surface area contributed by atoms with Crippen molar-refractivity contribution in [3.63, 3.8) is 0 Å². The first-order valence-electron chi connectivity index (χ1n) is 8.18. The zero-order valence-electron chi connectivity index (χ0n) is 15.1. The lowest BCUT2D eigenvalue weighted by molar-refractivity contribution is -0.885. The van der Waals surface area contributed by atoms with Crippen molar-refractivity contribution >= 4 is 33.4 Å². The Morgan fingerprint density at radius 1 is 1.15 bits per heavy atom. The van der Waals surface area contributed by atoms with Gasteiger partial charge in [0.25, 0.3) is 11.8 Å². The summed E-state index contributed by atoms with van der Waals surface area (Å²) in [6.07, 6.45) is 0. The number of likely N-dealkylation sites (N-methyl/N-ethyl adjacent to an activating group) is 1. The minimum atomic E-state index is -0.157. The fourth-order valence-electron chi connectivity index (χ4n) is 2.60. The average Bonchev–Trinajstić information content (AvgIpc) is 2.61. The van der Waals surface area contributed by atoms with Crippen LogP contribution in [0.4, 0.5) is 5.69 Å². The molecular formula is C19H23BrN3O3+. The van der Waals surface area contributed by atoms with Gasteiger partial charge < -0.3 is 20.3 Å². The Morgan fingerprint density at radius 2 is 1.85 bits per heavy atom. The van der Waals surface area contributed by atoms with Gasteiger partial charge in [-0.1, -0.05) is 15.9 Å². The van der Waals surface area contributed by atoms with Crippen LogP contribution in [0.2, 0.25) is 0 Å². The van der Waals surface area contributed by atoms with E-state index in [2.05, 4.69) is 26.6 Å². The molecule has 138 valence electrons. The van der Waals surface area contributed by atoms with Crippen LogP contribution in [0, 0.1) is 0 Å². The quantitative estimate of drug-likeness (QED) is 0.634. The predicted octanol–water partition coefficient (Wildman–Crippen LogP) is 1.47. The fourth-order valence-corrected chi connectivity index (χ4v) is 3.01. The van der Waals surface area contributed by atoms with Gasteiger partial charge in [-0.15, -0.1) is 0 Å². The van der Waals surface area contributed by atoms with Gasteiger partial charge in [-0.3, -0.25) is 9.59 Å². The minimum absolute atomic E-state index is 0.0934. The number of nitrogens with one attached hydrogen (secondary N) is 3. The first-order chi connectivity index (χ1) is 12.4. The molecule has 1 atom stereocenters. The van der Waals surface area contributed by atoms with Crippen molar-refractivity contribution < 1.29 is 19.2 Å². The number of anilines is 1. The highest BCUT2D eigenvalue weighted by Gasteiger charge is 2.14. The molecule has 0 heterocycles. The predicted molar refractivity (Wildman–Crippen MR) is 105 cm³/mol. The molecule has 0 saturated heterocycles. The van der Waals surface area contributed by atoms with E-state index in [0.29, 0.717) is 24.3 Å². The number of amides is 2. The first-order valence-corrected chi connectivity index (χ1v) is 8.98. The second-order valence-corrected chi connectivity index (χ2v) is 6.89. The summed E-state index contributed by atoms with van der Waals surface area (Å²) in [5.74, 6) is 0.553. The zero-order chi connectivity index (χ0) is 19.1. The van der Waals surface area contributed by atoms with E-state index in [1.165, 1.54) is 0 Å². The van der Waals surface area contributed by atoms with Gasteiger partial charge in [0.15, 0.2) is 6.54 Å². The number of carbonyl (C=O) groups excluding carboxylic acids is 2. The normalized spacial score (nSPS) is 11.5. The van der Waals surface area contributed by atoms with Crippen molar-refractivity contribution in [2.45, 2.75) is 6.54 Å². The van der Waals surface area contributed by atoms with Crippen LogP contribution in [0.25, 0.3) is 0 Å². The van der Waals surface area contributed by atoms with E-state index in [4.69, 9.17) is 4.74 Å². The number of methoxy groups -OCH3 is 1. The minimum Gasteiger partial charge on any atom is -0.496 e. The number of quaternary nitrogens is 1. The van der Waals surface area contributed by atoms with Crippen LogP contribution in [0.1, 0.15) is 15.9 Å². The van der Waals surface area contributed by atoms with Crippen LogP contribution in [0.3, 0.4) is 0 Å². The molecule has 2 rings (SSSR count). The Hall–Kier alpha value is -2.38. The molecule has 0 saturated carbocycles. The van der Waals surface area contributed by atoms with Gasteiger partial charge in [-0.2, -0.15) is 0 Å². The molecule has 0 aliphatic carbocycles. The van der Waals surface area contributed by atoms with Crippen LogP contribution in [0.5, 0.6) is 5.75 Å². The summed E-state index contributed by atoms with van der Waals surface area (Å²) >= 11 is 3.46. The summed E-state index contributed by atoms with van der Waals surface area (Å²) in [5, 5.41) is 5.41. The number of ether oxygens (including phenoxy) is 1. The summed E-state index contributed by atoms with van der Waals surface area (Å²) in [6, 6.07) is 12.6. The lowest BCUT2D eigenvalue weighted by atomic mass is 10.2. The second-order valence-electron chi connectivity index (χ2n) is 5.97. The molecule has 0 radical (unpaired) electrons. The standard InChI is InChI=1S/C19H22BrN3O3/c1-21-19(25)13-4-7-16(8-5-13)22-18(24)12-23(2)11-14-10-15(20)6-9-17(14)26-3/h4-10H,11-12H2,1-3H3,(H,21,25)(H,22,24)/p+1. The summed E-state index contributed by atoms with van der Waals surface area (Å²) in [4.78, 5) is 24.8. The number of carbonyl (C=O) groups is 2. The molecule has 6 nitrogen and oxygen atoms in total. The van der Waals surface area contributed by atoms with Gasteiger partial charge in [-0.25, -0.2) is 0 Å². The van der Waals surface area contributed by atoms with E-state index in [1.807, 2.05) is 25.2 Å². The molecule has 0 spiro atoms. The lowest BCUT2D eigenvalue weighted by Crippen LogP contribution is -3.08. The summed E-state index contributed by atoms with van der Waals surface area (Å²) in [6.45, 7) is 0.971. The molecule has 3 N–H and O–H groups in total. The van der Waals surface area contributed by atoms with Gasteiger partial charge >= 0.3 is 0 Å². The summed E-state index contributed by atoms with van der Waals surface area (Å²) in [7, 11) is 5.17. The Kier molecular flexibility index (Phi) is 7.17. The highest BCUT2D eigenvalue weighted by molar-refractivity contribution is 9.10. The number of halogens is 1. The van der Waals surface area contributed by atoms with Crippen LogP contribution >= 0.6 is 15.9 Å². The fraction of sp³-hybridized carbons (Fsp3) is 0.263. The molecule has 2 aromatic carbocycles. The van der Waals surface area contributed by atoms with Crippen molar-refractivity contribution in [1.29, 1.82) is 0 Å². The molecule has 0 fully saturated rings.